The molecule has 4 atom stereocenters. The molecule has 3 rings (SSSR count). The van der Waals surface area contributed by atoms with Gasteiger partial charge in [-0.1, -0.05) is 12.2 Å². The van der Waals surface area contributed by atoms with E-state index in [0.717, 1.165) is 12.8 Å². The average molecular weight is 349 g/mol. The topological polar surface area (TPSA) is 108 Å². The zero-order valence-corrected chi connectivity index (χ0v) is 14.2. The maximum Gasteiger partial charge on any atom is 0.332 e. The van der Waals surface area contributed by atoms with Gasteiger partial charge in [0.05, 0.1) is 13.2 Å². The van der Waals surface area contributed by atoms with E-state index in [-0.39, 0.29) is 18.9 Å². The first-order valence-corrected chi connectivity index (χ1v) is 8.56. The number of carbonyl (C=O) groups excluding carboxylic acids is 3. The highest BCUT2D eigenvalue weighted by Crippen LogP contribution is 2.46. The summed E-state index contributed by atoms with van der Waals surface area (Å²) in [4.78, 5) is 42.3. The normalized spacial score (nSPS) is 38.0. The summed E-state index contributed by atoms with van der Waals surface area (Å²) in [5.74, 6) is -1.07. The van der Waals surface area contributed by atoms with Gasteiger partial charge in [0, 0.05) is 25.1 Å². The van der Waals surface area contributed by atoms with Crippen LogP contribution in [-0.2, 0) is 14.3 Å². The molecule has 1 saturated heterocycles. The minimum absolute atomic E-state index is 0.0372. The molecular formula is C17H23N3O5. The van der Waals surface area contributed by atoms with Crippen LogP contribution in [0.15, 0.2) is 17.1 Å². The van der Waals surface area contributed by atoms with Crippen molar-refractivity contribution in [3.63, 3.8) is 0 Å². The lowest BCUT2D eigenvalue weighted by Gasteiger charge is -2.25. The molecule has 2 aliphatic heterocycles. The number of hydrogen-bond donors (Lipinski definition) is 2. The molecule has 2 heterocycles. The molecule has 0 aromatic carbocycles. The molecule has 2 N–H and O–H groups in total. The summed E-state index contributed by atoms with van der Waals surface area (Å²) in [5.41, 5.74) is -1.09. The molecule has 8 heteroatoms. The number of hydrogen-bond acceptors (Lipinski definition) is 5. The van der Waals surface area contributed by atoms with Crippen molar-refractivity contribution in [2.75, 3.05) is 13.7 Å². The molecule has 3 aliphatic rings. The Hall–Kier alpha value is -2.22. The van der Waals surface area contributed by atoms with E-state index in [0.29, 0.717) is 12.8 Å². The molecule has 1 aliphatic carbocycles. The minimum Gasteiger partial charge on any atom is -0.467 e. The van der Waals surface area contributed by atoms with Crippen LogP contribution >= 0.6 is 0 Å². The number of rotatable bonds is 1. The van der Waals surface area contributed by atoms with Crippen molar-refractivity contribution in [2.45, 2.75) is 49.8 Å². The Kier molecular flexibility index (Phi) is 4.89. The number of aliphatic hydroxyl groups excluding tert-OH is 1. The van der Waals surface area contributed by atoms with Gasteiger partial charge in [-0.3, -0.25) is 4.79 Å². The highest BCUT2D eigenvalue weighted by Gasteiger charge is 2.62. The van der Waals surface area contributed by atoms with Gasteiger partial charge in [0.15, 0.2) is 0 Å². The molecule has 1 saturated carbocycles. The molecule has 0 bridgehead atoms. The maximum atomic E-state index is 12.7. The third-order valence-electron chi connectivity index (χ3n) is 5.01. The molecule has 3 amide bonds. The minimum atomic E-state index is -1.09. The van der Waals surface area contributed by atoms with Gasteiger partial charge < -0.3 is 20.1 Å². The lowest BCUT2D eigenvalue weighted by molar-refractivity contribution is -0.144. The first-order chi connectivity index (χ1) is 12.0. The molecular weight excluding hydrogens is 326 g/mol. The number of nitrogens with zero attached hydrogens (tertiary/aromatic N) is 2. The van der Waals surface area contributed by atoms with Gasteiger partial charge in [0.2, 0.25) is 0 Å². The number of urea groups is 1. The summed E-state index contributed by atoms with van der Waals surface area (Å²) in [6, 6.07) is -1.36. The standard InChI is InChI=1S/C17H23N3O5/c1-25-15(23)17-9-11(17)6-4-2-3-5-7-18-14(22)13-8-12(21)10-20(13)16(24)19-17/h4,6-7,11-13,21H,2-3,5,8-10H2,1H3,(H,19,24)/b6-4-,18-7+/t11-,12+,13-,17+/m0/s1. The van der Waals surface area contributed by atoms with Crippen LogP contribution in [0.3, 0.4) is 0 Å². The second-order valence-corrected chi connectivity index (χ2v) is 6.77. The van der Waals surface area contributed by atoms with Gasteiger partial charge in [-0.05, 0) is 25.7 Å². The van der Waals surface area contributed by atoms with Crippen LogP contribution in [0.4, 0.5) is 4.79 Å². The first-order valence-electron chi connectivity index (χ1n) is 8.56. The van der Waals surface area contributed by atoms with Crippen molar-refractivity contribution in [3.8, 4) is 0 Å². The predicted octanol–water partition coefficient (Wildman–Crippen LogP) is 0.400. The SMILES string of the molecule is COC(=O)[C@@]12C[C@@H]1/C=C\CCC/C=N/C(=O)[C@@H]1C[C@@H](O)CN1C(=O)N2. The van der Waals surface area contributed by atoms with Crippen molar-refractivity contribution < 1.29 is 24.2 Å². The van der Waals surface area contributed by atoms with Crippen LogP contribution in [0.25, 0.3) is 0 Å². The molecule has 0 radical (unpaired) electrons. The smallest absolute Gasteiger partial charge is 0.332 e. The molecule has 136 valence electrons. The van der Waals surface area contributed by atoms with E-state index in [4.69, 9.17) is 4.74 Å². The number of methoxy groups -OCH3 is 1. The van der Waals surface area contributed by atoms with Gasteiger partial charge in [-0.25, -0.2) is 14.6 Å². The third-order valence-corrected chi connectivity index (χ3v) is 5.01. The molecule has 0 aromatic heterocycles. The monoisotopic (exact) mass is 349 g/mol. The Morgan fingerprint density at radius 1 is 1.44 bits per heavy atom. The number of carbonyl (C=O) groups is 3. The molecule has 2 fully saturated rings. The largest absolute Gasteiger partial charge is 0.467 e. The molecule has 0 unspecified atom stereocenters. The molecule has 8 nitrogen and oxygen atoms in total. The van der Waals surface area contributed by atoms with Crippen molar-refractivity contribution in [3.05, 3.63) is 12.2 Å². The highest BCUT2D eigenvalue weighted by molar-refractivity contribution is 5.95. The van der Waals surface area contributed by atoms with E-state index in [2.05, 4.69) is 10.3 Å². The van der Waals surface area contributed by atoms with Gasteiger partial charge in [0.1, 0.15) is 11.6 Å². The van der Waals surface area contributed by atoms with E-state index >= 15 is 0 Å². The van der Waals surface area contributed by atoms with Crippen molar-refractivity contribution >= 4 is 24.1 Å². The van der Waals surface area contributed by atoms with Crippen molar-refractivity contribution in [1.82, 2.24) is 10.2 Å². The Morgan fingerprint density at radius 3 is 3.00 bits per heavy atom. The third kappa shape index (κ3) is 3.44. The first kappa shape index (κ1) is 17.6. The number of amides is 3. The van der Waals surface area contributed by atoms with Crippen LogP contribution in [0.2, 0.25) is 0 Å². The van der Waals surface area contributed by atoms with Crippen LogP contribution in [-0.4, -0.2) is 65.5 Å². The average Bonchev–Trinajstić information content (AvgIpc) is 3.13. The zero-order chi connectivity index (χ0) is 18.0. The van der Waals surface area contributed by atoms with Gasteiger partial charge in [0.25, 0.3) is 5.91 Å². The van der Waals surface area contributed by atoms with E-state index in [1.165, 1.54) is 12.0 Å². The van der Waals surface area contributed by atoms with E-state index < -0.39 is 35.6 Å². The summed E-state index contributed by atoms with van der Waals surface area (Å²) in [6.45, 7) is 0.0372. The van der Waals surface area contributed by atoms with Crippen LogP contribution < -0.4 is 5.32 Å². The van der Waals surface area contributed by atoms with Crippen LogP contribution in [0.1, 0.15) is 32.1 Å². The molecule has 25 heavy (non-hydrogen) atoms. The molecule has 0 spiro atoms. The highest BCUT2D eigenvalue weighted by atomic mass is 16.5. The summed E-state index contributed by atoms with van der Waals surface area (Å²) in [6.07, 6.45) is 7.61. The summed E-state index contributed by atoms with van der Waals surface area (Å²) < 4.78 is 4.86. The number of fused-ring (bicyclic) bond motifs is 2. The van der Waals surface area contributed by atoms with Crippen molar-refractivity contribution in [2.24, 2.45) is 10.9 Å². The number of nitrogens with one attached hydrogen (secondary N) is 1. The Balaban J connectivity index is 1.86. The van der Waals surface area contributed by atoms with Crippen LogP contribution in [0.5, 0.6) is 0 Å². The Bertz CT molecular complexity index is 632. The summed E-state index contributed by atoms with van der Waals surface area (Å²) in [5, 5.41) is 12.6. The number of aliphatic hydroxyl groups is 1. The van der Waals surface area contributed by atoms with E-state index in [1.807, 2.05) is 12.2 Å². The second-order valence-electron chi connectivity index (χ2n) is 6.77. The summed E-state index contributed by atoms with van der Waals surface area (Å²) in [7, 11) is 1.29. The maximum absolute atomic E-state index is 12.7. The lowest BCUT2D eigenvalue weighted by Crippen LogP contribution is -2.53. The summed E-state index contributed by atoms with van der Waals surface area (Å²) >= 11 is 0. The van der Waals surface area contributed by atoms with E-state index in [9.17, 15) is 19.5 Å². The van der Waals surface area contributed by atoms with Gasteiger partial charge >= 0.3 is 12.0 Å². The van der Waals surface area contributed by atoms with Crippen molar-refractivity contribution in [1.29, 1.82) is 0 Å². The molecule has 0 aromatic rings. The number of allylic oxidation sites excluding steroid dienone is 1. The fourth-order valence-electron chi connectivity index (χ4n) is 3.49. The Morgan fingerprint density at radius 2 is 2.24 bits per heavy atom. The second kappa shape index (κ2) is 6.95. The fraction of sp³-hybridized carbons (Fsp3) is 0.647. The van der Waals surface area contributed by atoms with Gasteiger partial charge in [-0.2, -0.15) is 0 Å². The van der Waals surface area contributed by atoms with E-state index in [1.54, 1.807) is 6.21 Å². The number of esters is 1. The number of ether oxygens (including phenoxy) is 1. The quantitative estimate of drug-likeness (QED) is 0.526. The fourth-order valence-corrected chi connectivity index (χ4v) is 3.49. The lowest BCUT2D eigenvalue weighted by atomic mass is 10.1. The van der Waals surface area contributed by atoms with Gasteiger partial charge in [-0.15, -0.1) is 0 Å². The number of aliphatic imine (C=N–C) groups is 1. The Labute approximate surface area is 145 Å². The predicted molar refractivity (Wildman–Crippen MR) is 89.0 cm³/mol. The van der Waals surface area contributed by atoms with Crippen LogP contribution in [0, 0.1) is 5.92 Å². The zero-order valence-electron chi connectivity index (χ0n) is 14.2.